The zero-order valence-corrected chi connectivity index (χ0v) is 17.7. The standard InChI is InChI=1S/C22H23N3O2.2ClH/c23-11-5-12-24-22(26)20-17-8-1-2-10-19(17)25-21-15(6-3-9-18(20)21)14-16-7-4-13-27-16;;/h1-2,4,7-8,10,13-14H,3,5-6,9,11-12,23H2,(H,24,26);2*1H/b15-14-;;. The van der Waals surface area contributed by atoms with Crippen molar-refractivity contribution in [1.82, 2.24) is 10.3 Å². The van der Waals surface area contributed by atoms with Gasteiger partial charge in [0.25, 0.3) is 5.91 Å². The number of nitrogens with zero attached hydrogens (tertiary/aromatic N) is 1. The number of amides is 1. The summed E-state index contributed by atoms with van der Waals surface area (Å²) in [6.07, 6.45) is 7.23. The molecule has 1 aliphatic rings. The van der Waals surface area contributed by atoms with E-state index >= 15 is 0 Å². The van der Waals surface area contributed by atoms with Crippen LogP contribution in [0, 0.1) is 0 Å². The molecule has 29 heavy (non-hydrogen) atoms. The van der Waals surface area contributed by atoms with Gasteiger partial charge in [0.2, 0.25) is 0 Å². The van der Waals surface area contributed by atoms with Crippen molar-refractivity contribution >= 4 is 53.3 Å². The summed E-state index contributed by atoms with van der Waals surface area (Å²) in [5, 5.41) is 3.92. The maximum absolute atomic E-state index is 13.0. The lowest BCUT2D eigenvalue weighted by atomic mass is 9.86. The molecule has 1 aromatic carbocycles. The van der Waals surface area contributed by atoms with Crippen LogP contribution in [0.3, 0.4) is 0 Å². The molecular formula is C22H25Cl2N3O2. The molecule has 0 saturated heterocycles. The number of hydrogen-bond donors (Lipinski definition) is 2. The smallest absolute Gasteiger partial charge is 0.252 e. The third-order valence-corrected chi connectivity index (χ3v) is 4.92. The van der Waals surface area contributed by atoms with Gasteiger partial charge in [-0.25, -0.2) is 4.98 Å². The third kappa shape index (κ3) is 4.81. The maximum Gasteiger partial charge on any atom is 0.252 e. The van der Waals surface area contributed by atoms with Crippen LogP contribution in [0.4, 0.5) is 0 Å². The highest BCUT2D eigenvalue weighted by Crippen LogP contribution is 2.36. The number of carbonyl (C=O) groups excluding carboxylic acids is 1. The van der Waals surface area contributed by atoms with Gasteiger partial charge in [-0.05, 0) is 67.6 Å². The molecule has 0 atom stereocenters. The van der Waals surface area contributed by atoms with Gasteiger partial charge in [0.1, 0.15) is 5.76 Å². The van der Waals surface area contributed by atoms with Crippen LogP contribution in [-0.2, 0) is 6.42 Å². The Labute approximate surface area is 182 Å². The largest absolute Gasteiger partial charge is 0.465 e. The van der Waals surface area contributed by atoms with Gasteiger partial charge in [-0.1, -0.05) is 18.2 Å². The summed E-state index contributed by atoms with van der Waals surface area (Å²) in [4.78, 5) is 17.9. The summed E-state index contributed by atoms with van der Waals surface area (Å²) >= 11 is 0. The molecule has 0 radical (unpaired) electrons. The van der Waals surface area contributed by atoms with Crippen LogP contribution < -0.4 is 11.1 Å². The molecule has 0 aliphatic heterocycles. The first-order valence-corrected chi connectivity index (χ1v) is 9.42. The van der Waals surface area contributed by atoms with E-state index in [4.69, 9.17) is 15.1 Å². The van der Waals surface area contributed by atoms with Crippen LogP contribution in [0.15, 0.2) is 47.1 Å². The fourth-order valence-corrected chi connectivity index (χ4v) is 3.67. The molecule has 0 saturated carbocycles. The Morgan fingerprint density at radius 1 is 1.17 bits per heavy atom. The Hall–Kier alpha value is -2.34. The number of aromatic nitrogens is 1. The number of carbonyl (C=O) groups is 1. The quantitative estimate of drug-likeness (QED) is 0.574. The van der Waals surface area contributed by atoms with Crippen molar-refractivity contribution < 1.29 is 9.21 Å². The minimum Gasteiger partial charge on any atom is -0.465 e. The molecule has 2 aromatic heterocycles. The average molecular weight is 434 g/mol. The first kappa shape index (κ1) is 22.9. The fraction of sp³-hybridized carbons (Fsp3) is 0.273. The van der Waals surface area contributed by atoms with Crippen molar-refractivity contribution in [2.45, 2.75) is 25.7 Å². The lowest BCUT2D eigenvalue weighted by molar-refractivity contribution is 0.0954. The fourth-order valence-electron chi connectivity index (χ4n) is 3.67. The van der Waals surface area contributed by atoms with E-state index in [0.29, 0.717) is 13.1 Å². The molecule has 154 valence electrons. The molecular weight excluding hydrogens is 409 g/mol. The van der Waals surface area contributed by atoms with Crippen LogP contribution in [0.5, 0.6) is 0 Å². The van der Waals surface area contributed by atoms with E-state index in [-0.39, 0.29) is 30.7 Å². The lowest BCUT2D eigenvalue weighted by Gasteiger charge is -2.22. The normalized spacial score (nSPS) is 14.0. The van der Waals surface area contributed by atoms with E-state index in [9.17, 15) is 4.79 Å². The number of hydrogen-bond acceptors (Lipinski definition) is 4. The molecule has 3 aromatic rings. The third-order valence-electron chi connectivity index (χ3n) is 4.92. The molecule has 0 bridgehead atoms. The average Bonchev–Trinajstić information content (AvgIpc) is 3.20. The minimum atomic E-state index is -0.0439. The van der Waals surface area contributed by atoms with Gasteiger partial charge in [0, 0.05) is 11.9 Å². The Kier molecular flexibility index (Phi) is 8.26. The van der Waals surface area contributed by atoms with E-state index in [1.807, 2.05) is 42.5 Å². The molecule has 0 unspecified atom stereocenters. The molecule has 5 nitrogen and oxygen atoms in total. The molecule has 1 aliphatic carbocycles. The second-order valence-electron chi connectivity index (χ2n) is 6.77. The van der Waals surface area contributed by atoms with Crippen LogP contribution in [-0.4, -0.2) is 24.0 Å². The molecule has 7 heteroatoms. The van der Waals surface area contributed by atoms with E-state index in [1.165, 1.54) is 0 Å². The first-order chi connectivity index (χ1) is 13.3. The van der Waals surface area contributed by atoms with Gasteiger partial charge >= 0.3 is 0 Å². The van der Waals surface area contributed by atoms with Crippen molar-refractivity contribution in [3.05, 3.63) is 65.2 Å². The number of para-hydroxylation sites is 1. The van der Waals surface area contributed by atoms with E-state index < -0.39 is 0 Å². The number of benzene rings is 1. The summed E-state index contributed by atoms with van der Waals surface area (Å²) in [5.74, 6) is 0.763. The van der Waals surface area contributed by atoms with Crippen LogP contribution in [0.2, 0.25) is 0 Å². The number of halogens is 2. The number of rotatable bonds is 5. The predicted octanol–water partition coefficient (Wildman–Crippen LogP) is 4.63. The second-order valence-corrected chi connectivity index (χ2v) is 6.77. The Bertz CT molecular complexity index is 1000. The van der Waals surface area contributed by atoms with Crippen molar-refractivity contribution in [2.24, 2.45) is 5.73 Å². The zero-order chi connectivity index (χ0) is 18.6. The van der Waals surface area contributed by atoms with Gasteiger partial charge in [-0.3, -0.25) is 4.79 Å². The van der Waals surface area contributed by atoms with Crippen LogP contribution in [0.25, 0.3) is 22.6 Å². The SMILES string of the molecule is Cl.Cl.NCCCNC(=O)c1c2c(nc3ccccc13)/C(=C\c1ccco1)CCC2. The highest BCUT2D eigenvalue weighted by atomic mass is 35.5. The number of nitrogens with one attached hydrogen (secondary N) is 1. The molecule has 0 spiro atoms. The number of pyridine rings is 1. The second kappa shape index (κ2) is 10.4. The number of nitrogens with two attached hydrogens (primary N) is 1. The van der Waals surface area contributed by atoms with Gasteiger partial charge in [-0.15, -0.1) is 24.8 Å². The van der Waals surface area contributed by atoms with E-state index in [1.54, 1.807) is 6.26 Å². The van der Waals surface area contributed by atoms with Gasteiger partial charge in [0.05, 0.1) is 23.0 Å². The number of fused-ring (bicyclic) bond motifs is 2. The summed E-state index contributed by atoms with van der Waals surface area (Å²) < 4.78 is 5.49. The maximum atomic E-state index is 13.0. The van der Waals surface area contributed by atoms with Crippen molar-refractivity contribution in [3.8, 4) is 0 Å². The minimum absolute atomic E-state index is 0. The molecule has 0 fully saturated rings. The highest BCUT2D eigenvalue weighted by molar-refractivity contribution is 6.09. The summed E-state index contributed by atoms with van der Waals surface area (Å²) in [7, 11) is 0. The Morgan fingerprint density at radius 3 is 2.76 bits per heavy atom. The van der Waals surface area contributed by atoms with E-state index in [0.717, 1.165) is 64.7 Å². The molecule has 3 N–H and O–H groups in total. The van der Waals surface area contributed by atoms with Crippen molar-refractivity contribution in [2.75, 3.05) is 13.1 Å². The van der Waals surface area contributed by atoms with Gasteiger partial charge < -0.3 is 15.5 Å². The van der Waals surface area contributed by atoms with E-state index in [2.05, 4.69) is 5.32 Å². The first-order valence-electron chi connectivity index (χ1n) is 9.42. The monoisotopic (exact) mass is 433 g/mol. The topological polar surface area (TPSA) is 81.1 Å². The number of furan rings is 1. The van der Waals surface area contributed by atoms with Crippen molar-refractivity contribution in [1.29, 1.82) is 0 Å². The Morgan fingerprint density at radius 2 is 2.00 bits per heavy atom. The van der Waals surface area contributed by atoms with Gasteiger partial charge in [0.15, 0.2) is 0 Å². The van der Waals surface area contributed by atoms with Crippen molar-refractivity contribution in [3.63, 3.8) is 0 Å². The predicted molar refractivity (Wildman–Crippen MR) is 122 cm³/mol. The summed E-state index contributed by atoms with van der Waals surface area (Å²) in [6.45, 7) is 1.14. The molecule has 4 rings (SSSR count). The summed E-state index contributed by atoms with van der Waals surface area (Å²) in [5.41, 5.74) is 10.2. The lowest BCUT2D eigenvalue weighted by Crippen LogP contribution is -2.28. The zero-order valence-electron chi connectivity index (χ0n) is 16.0. The Balaban J connectivity index is 0.00000150. The molecule has 2 heterocycles. The summed E-state index contributed by atoms with van der Waals surface area (Å²) in [6, 6.07) is 11.7. The molecule has 1 amide bonds. The van der Waals surface area contributed by atoms with Crippen LogP contribution >= 0.6 is 24.8 Å². The highest BCUT2D eigenvalue weighted by Gasteiger charge is 2.25. The van der Waals surface area contributed by atoms with Gasteiger partial charge in [-0.2, -0.15) is 0 Å². The van der Waals surface area contributed by atoms with Crippen LogP contribution in [0.1, 0.15) is 46.6 Å². The number of allylic oxidation sites excluding steroid dienone is 1.